The summed E-state index contributed by atoms with van der Waals surface area (Å²) in [6.45, 7) is 2.15. The Kier molecular flexibility index (Phi) is 4.94. The van der Waals surface area contributed by atoms with Crippen LogP contribution in [0.15, 0.2) is 30.3 Å². The van der Waals surface area contributed by atoms with Crippen LogP contribution in [0.4, 0.5) is 0 Å². The number of thioether (sulfide) groups is 1. The zero-order valence-corrected chi connectivity index (χ0v) is 8.76. The van der Waals surface area contributed by atoms with E-state index in [9.17, 15) is 5.11 Å². The van der Waals surface area contributed by atoms with E-state index in [1.807, 2.05) is 30.3 Å². The van der Waals surface area contributed by atoms with Gasteiger partial charge in [-0.05, 0) is 17.7 Å². The Morgan fingerprint density at radius 1 is 1.31 bits per heavy atom. The summed E-state index contributed by atoms with van der Waals surface area (Å²) in [6, 6.07) is 9.83. The van der Waals surface area contributed by atoms with Crippen molar-refractivity contribution in [2.45, 2.75) is 19.4 Å². The molecule has 0 aromatic heterocycles. The predicted molar refractivity (Wildman–Crippen MR) is 59.0 cm³/mol. The number of hydrogen-bond acceptors (Lipinski definition) is 2. The molecule has 13 heavy (non-hydrogen) atoms. The third-order valence-electron chi connectivity index (χ3n) is 1.81. The highest BCUT2D eigenvalue weighted by molar-refractivity contribution is 7.99. The van der Waals surface area contributed by atoms with Gasteiger partial charge in [-0.3, -0.25) is 0 Å². The molecule has 0 amide bonds. The molecule has 0 aliphatic rings. The first kappa shape index (κ1) is 10.6. The number of hydrogen-bond donors (Lipinski definition) is 1. The fourth-order valence-electron chi connectivity index (χ4n) is 1.11. The molecule has 1 aromatic carbocycles. The molecule has 0 fully saturated rings. The van der Waals surface area contributed by atoms with Gasteiger partial charge in [0.15, 0.2) is 0 Å². The first-order valence-electron chi connectivity index (χ1n) is 4.65. The normalized spacial score (nSPS) is 12.8. The maximum absolute atomic E-state index is 9.73. The summed E-state index contributed by atoms with van der Waals surface area (Å²) in [5.74, 6) is 1.93. The minimum absolute atomic E-state index is 0.308. The minimum Gasteiger partial charge on any atom is -0.388 e. The van der Waals surface area contributed by atoms with Crippen molar-refractivity contribution < 1.29 is 5.11 Å². The molecule has 0 saturated carbocycles. The van der Waals surface area contributed by atoms with Crippen LogP contribution in [0, 0.1) is 0 Å². The molecule has 1 N–H and O–H groups in total. The molecular formula is C11H16OS. The topological polar surface area (TPSA) is 20.2 Å². The van der Waals surface area contributed by atoms with Gasteiger partial charge in [0, 0.05) is 5.75 Å². The quantitative estimate of drug-likeness (QED) is 0.731. The Morgan fingerprint density at radius 3 is 2.62 bits per heavy atom. The summed E-state index contributed by atoms with van der Waals surface area (Å²) in [4.78, 5) is 0. The van der Waals surface area contributed by atoms with Crippen LogP contribution in [0.1, 0.15) is 25.0 Å². The highest BCUT2D eigenvalue weighted by Crippen LogP contribution is 2.17. The molecule has 1 aromatic rings. The fourth-order valence-corrected chi connectivity index (χ4v) is 1.98. The van der Waals surface area contributed by atoms with Gasteiger partial charge in [-0.25, -0.2) is 0 Å². The van der Waals surface area contributed by atoms with E-state index < -0.39 is 0 Å². The van der Waals surface area contributed by atoms with Crippen LogP contribution in [0.3, 0.4) is 0 Å². The van der Waals surface area contributed by atoms with Crippen molar-refractivity contribution in [3.8, 4) is 0 Å². The molecule has 0 aliphatic heterocycles. The van der Waals surface area contributed by atoms with E-state index >= 15 is 0 Å². The van der Waals surface area contributed by atoms with Crippen LogP contribution in [0.2, 0.25) is 0 Å². The van der Waals surface area contributed by atoms with E-state index in [0.717, 1.165) is 17.1 Å². The Bertz CT molecular complexity index is 223. The van der Waals surface area contributed by atoms with E-state index in [4.69, 9.17) is 0 Å². The van der Waals surface area contributed by atoms with Crippen LogP contribution in [0.25, 0.3) is 0 Å². The minimum atomic E-state index is -0.308. The van der Waals surface area contributed by atoms with Crippen LogP contribution < -0.4 is 0 Å². The number of aliphatic hydroxyl groups is 1. The second-order valence-electron chi connectivity index (χ2n) is 3.00. The first-order chi connectivity index (χ1) is 6.34. The molecule has 0 saturated heterocycles. The summed E-state index contributed by atoms with van der Waals surface area (Å²) in [6.07, 6.45) is 0.865. The smallest absolute Gasteiger partial charge is 0.0880 e. The van der Waals surface area contributed by atoms with Crippen molar-refractivity contribution in [1.29, 1.82) is 0 Å². The SMILES string of the molecule is CCCSCC(O)c1ccccc1. The molecule has 0 aliphatic carbocycles. The molecule has 1 nitrogen and oxygen atoms in total. The molecule has 0 bridgehead atoms. The van der Waals surface area contributed by atoms with Crippen LogP contribution in [0.5, 0.6) is 0 Å². The molecule has 1 rings (SSSR count). The molecular weight excluding hydrogens is 180 g/mol. The van der Waals surface area contributed by atoms with Crippen LogP contribution >= 0.6 is 11.8 Å². The van der Waals surface area contributed by atoms with Gasteiger partial charge in [0.1, 0.15) is 0 Å². The highest BCUT2D eigenvalue weighted by atomic mass is 32.2. The van der Waals surface area contributed by atoms with E-state index in [0.29, 0.717) is 0 Å². The highest BCUT2D eigenvalue weighted by Gasteiger charge is 2.05. The summed E-state index contributed by atoms with van der Waals surface area (Å²) >= 11 is 1.81. The van der Waals surface area contributed by atoms with Crippen molar-refractivity contribution in [2.75, 3.05) is 11.5 Å². The molecule has 1 atom stereocenters. The molecule has 1 unspecified atom stereocenters. The largest absolute Gasteiger partial charge is 0.388 e. The summed E-state index contributed by atoms with van der Waals surface area (Å²) in [7, 11) is 0. The van der Waals surface area contributed by atoms with E-state index in [-0.39, 0.29) is 6.10 Å². The Balaban J connectivity index is 2.35. The molecule has 2 heteroatoms. The van der Waals surface area contributed by atoms with Gasteiger partial charge in [0.25, 0.3) is 0 Å². The maximum Gasteiger partial charge on any atom is 0.0880 e. The molecule has 72 valence electrons. The van der Waals surface area contributed by atoms with Crippen molar-refractivity contribution >= 4 is 11.8 Å². The Labute approximate surface area is 84.2 Å². The standard InChI is InChI=1S/C11H16OS/c1-2-8-13-9-11(12)10-6-4-3-5-7-10/h3-7,11-12H,2,8-9H2,1H3. The summed E-state index contributed by atoms with van der Waals surface area (Å²) in [5, 5.41) is 9.73. The number of benzene rings is 1. The van der Waals surface area contributed by atoms with Gasteiger partial charge in [0.05, 0.1) is 6.10 Å². The second-order valence-corrected chi connectivity index (χ2v) is 4.15. The van der Waals surface area contributed by atoms with Crippen molar-refractivity contribution in [1.82, 2.24) is 0 Å². The van der Waals surface area contributed by atoms with Gasteiger partial charge in [-0.2, -0.15) is 11.8 Å². The zero-order valence-electron chi connectivity index (χ0n) is 7.94. The maximum atomic E-state index is 9.73. The van der Waals surface area contributed by atoms with Gasteiger partial charge < -0.3 is 5.11 Å². The third-order valence-corrected chi connectivity index (χ3v) is 3.06. The first-order valence-corrected chi connectivity index (χ1v) is 5.80. The van der Waals surface area contributed by atoms with E-state index in [1.165, 1.54) is 6.42 Å². The predicted octanol–water partition coefficient (Wildman–Crippen LogP) is 2.86. The Hall–Kier alpha value is -0.470. The lowest BCUT2D eigenvalue weighted by Gasteiger charge is -2.09. The lowest BCUT2D eigenvalue weighted by molar-refractivity contribution is 0.204. The van der Waals surface area contributed by atoms with Crippen LogP contribution in [-0.4, -0.2) is 16.6 Å². The third kappa shape index (κ3) is 3.83. The van der Waals surface area contributed by atoms with Crippen molar-refractivity contribution in [2.24, 2.45) is 0 Å². The molecule has 0 spiro atoms. The van der Waals surface area contributed by atoms with Gasteiger partial charge in [0.2, 0.25) is 0 Å². The summed E-state index contributed by atoms with van der Waals surface area (Å²) < 4.78 is 0. The Morgan fingerprint density at radius 2 is 2.00 bits per heavy atom. The van der Waals surface area contributed by atoms with Gasteiger partial charge in [-0.1, -0.05) is 37.3 Å². The van der Waals surface area contributed by atoms with Crippen molar-refractivity contribution in [3.63, 3.8) is 0 Å². The second kappa shape index (κ2) is 6.06. The van der Waals surface area contributed by atoms with E-state index in [2.05, 4.69) is 6.92 Å². The van der Waals surface area contributed by atoms with Crippen LogP contribution in [-0.2, 0) is 0 Å². The fraction of sp³-hybridized carbons (Fsp3) is 0.455. The molecule has 0 heterocycles. The van der Waals surface area contributed by atoms with Gasteiger partial charge in [-0.15, -0.1) is 0 Å². The van der Waals surface area contributed by atoms with E-state index in [1.54, 1.807) is 11.8 Å². The lowest BCUT2D eigenvalue weighted by Crippen LogP contribution is -2.00. The number of rotatable bonds is 5. The number of aliphatic hydroxyl groups excluding tert-OH is 1. The average Bonchev–Trinajstić information content (AvgIpc) is 2.19. The van der Waals surface area contributed by atoms with Crippen molar-refractivity contribution in [3.05, 3.63) is 35.9 Å². The summed E-state index contributed by atoms with van der Waals surface area (Å²) in [5.41, 5.74) is 1.02. The zero-order chi connectivity index (χ0) is 9.52. The molecule has 0 radical (unpaired) electrons. The monoisotopic (exact) mass is 196 g/mol. The van der Waals surface area contributed by atoms with Gasteiger partial charge >= 0.3 is 0 Å². The lowest BCUT2D eigenvalue weighted by atomic mass is 10.1. The average molecular weight is 196 g/mol.